The smallest absolute Gasteiger partial charge is 0.293 e. The van der Waals surface area contributed by atoms with Crippen molar-refractivity contribution in [3.63, 3.8) is 0 Å². The van der Waals surface area contributed by atoms with Crippen LogP contribution in [0.25, 0.3) is 0 Å². The van der Waals surface area contributed by atoms with Crippen LogP contribution in [0.2, 0.25) is 10.0 Å². The second-order valence-corrected chi connectivity index (χ2v) is 4.08. The fraction of sp³-hybridized carbons (Fsp3) is 0.0909. The van der Waals surface area contributed by atoms with Crippen molar-refractivity contribution in [3.8, 4) is 0 Å². The lowest BCUT2D eigenvalue weighted by Crippen LogP contribution is -2.11. The quantitative estimate of drug-likeness (QED) is 0.908. The summed E-state index contributed by atoms with van der Waals surface area (Å²) in [4.78, 5) is 15.6. The number of nitrogens with zero attached hydrogens (tertiary/aromatic N) is 1. The highest BCUT2D eigenvalue weighted by molar-refractivity contribution is 6.44. The number of aryl methyl sites for hydroxylation is 1. The average Bonchev–Trinajstić information content (AvgIpc) is 2.72. The summed E-state index contributed by atoms with van der Waals surface area (Å²) in [6.45, 7) is 1.66. The Hall–Kier alpha value is -1.52. The van der Waals surface area contributed by atoms with E-state index in [-0.39, 0.29) is 5.76 Å². The molecule has 0 aliphatic heterocycles. The molecule has 6 heteroatoms. The number of carbonyl (C=O) groups is 1. The number of amides is 1. The van der Waals surface area contributed by atoms with Crippen molar-refractivity contribution in [1.82, 2.24) is 4.98 Å². The zero-order valence-electron chi connectivity index (χ0n) is 8.83. The molecule has 2 rings (SSSR count). The van der Waals surface area contributed by atoms with Crippen LogP contribution in [0.4, 0.5) is 5.69 Å². The van der Waals surface area contributed by atoms with E-state index < -0.39 is 5.91 Å². The number of aromatic nitrogens is 1. The van der Waals surface area contributed by atoms with Crippen LogP contribution in [0.15, 0.2) is 28.8 Å². The van der Waals surface area contributed by atoms with E-state index in [1.165, 1.54) is 6.20 Å². The normalized spacial score (nSPS) is 10.3. The first kappa shape index (κ1) is 12.0. The highest BCUT2D eigenvalue weighted by atomic mass is 35.5. The Bertz CT molecular complexity index is 566. The number of hydrogen-bond donors (Lipinski definition) is 1. The van der Waals surface area contributed by atoms with Crippen LogP contribution < -0.4 is 5.32 Å². The molecule has 0 atom stereocenters. The molecule has 0 spiro atoms. The summed E-state index contributed by atoms with van der Waals surface area (Å²) in [5.74, 6) is 0.126. The van der Waals surface area contributed by atoms with Gasteiger partial charge in [-0.15, -0.1) is 0 Å². The molecule has 1 amide bonds. The third-order valence-electron chi connectivity index (χ3n) is 2.04. The molecule has 1 heterocycles. The zero-order valence-corrected chi connectivity index (χ0v) is 10.3. The van der Waals surface area contributed by atoms with Crippen LogP contribution in [0.3, 0.4) is 0 Å². The number of rotatable bonds is 2. The van der Waals surface area contributed by atoms with Gasteiger partial charge in [-0.05, 0) is 12.1 Å². The first-order valence-corrected chi connectivity index (χ1v) is 5.51. The van der Waals surface area contributed by atoms with E-state index >= 15 is 0 Å². The van der Waals surface area contributed by atoms with Gasteiger partial charge in [0, 0.05) is 6.92 Å². The fourth-order valence-electron chi connectivity index (χ4n) is 1.25. The number of nitrogens with one attached hydrogen (secondary N) is 1. The van der Waals surface area contributed by atoms with Crippen molar-refractivity contribution < 1.29 is 9.21 Å². The maximum absolute atomic E-state index is 11.7. The Morgan fingerprint density at radius 1 is 1.41 bits per heavy atom. The highest BCUT2D eigenvalue weighted by Crippen LogP contribution is 2.29. The van der Waals surface area contributed by atoms with Crippen molar-refractivity contribution in [2.45, 2.75) is 6.92 Å². The van der Waals surface area contributed by atoms with E-state index in [1.54, 1.807) is 25.1 Å². The Labute approximate surface area is 108 Å². The van der Waals surface area contributed by atoms with Gasteiger partial charge in [-0.1, -0.05) is 29.3 Å². The third-order valence-corrected chi connectivity index (χ3v) is 2.86. The van der Waals surface area contributed by atoms with Gasteiger partial charge < -0.3 is 9.73 Å². The Balaban J connectivity index is 2.21. The predicted octanol–water partition coefficient (Wildman–Crippen LogP) is 3.54. The molecule has 0 saturated carbocycles. The van der Waals surface area contributed by atoms with Gasteiger partial charge in [0.15, 0.2) is 5.89 Å². The van der Waals surface area contributed by atoms with Gasteiger partial charge in [0.2, 0.25) is 5.76 Å². The van der Waals surface area contributed by atoms with E-state index in [0.29, 0.717) is 21.6 Å². The maximum Gasteiger partial charge on any atom is 0.293 e. The van der Waals surface area contributed by atoms with Crippen LogP contribution in [0.5, 0.6) is 0 Å². The first-order chi connectivity index (χ1) is 8.08. The molecule has 4 nitrogen and oxygen atoms in total. The Morgan fingerprint density at radius 3 is 2.82 bits per heavy atom. The number of anilines is 1. The van der Waals surface area contributed by atoms with Crippen molar-refractivity contribution in [2.75, 3.05) is 5.32 Å². The van der Waals surface area contributed by atoms with Gasteiger partial charge in [-0.25, -0.2) is 4.98 Å². The number of hydrogen-bond acceptors (Lipinski definition) is 3. The van der Waals surface area contributed by atoms with Gasteiger partial charge in [-0.3, -0.25) is 4.79 Å². The average molecular weight is 271 g/mol. The summed E-state index contributed by atoms with van der Waals surface area (Å²) in [6.07, 6.45) is 1.35. The van der Waals surface area contributed by atoms with E-state index in [0.717, 1.165) is 0 Å². The van der Waals surface area contributed by atoms with Crippen LogP contribution >= 0.6 is 23.2 Å². The maximum atomic E-state index is 11.7. The van der Waals surface area contributed by atoms with Crippen molar-refractivity contribution in [3.05, 3.63) is 46.1 Å². The van der Waals surface area contributed by atoms with Gasteiger partial charge in [-0.2, -0.15) is 0 Å². The number of benzene rings is 1. The van der Waals surface area contributed by atoms with Crippen LogP contribution in [0.1, 0.15) is 16.4 Å². The summed E-state index contributed by atoms with van der Waals surface area (Å²) >= 11 is 11.8. The van der Waals surface area contributed by atoms with Gasteiger partial charge in [0.05, 0.1) is 21.9 Å². The first-order valence-electron chi connectivity index (χ1n) is 4.75. The second-order valence-electron chi connectivity index (χ2n) is 3.30. The molecule has 0 radical (unpaired) electrons. The van der Waals surface area contributed by atoms with E-state index in [1.807, 2.05) is 0 Å². The van der Waals surface area contributed by atoms with E-state index in [9.17, 15) is 4.79 Å². The topological polar surface area (TPSA) is 55.1 Å². The minimum atomic E-state index is -0.422. The molecular weight excluding hydrogens is 263 g/mol. The molecule has 0 aliphatic rings. The molecule has 88 valence electrons. The molecule has 0 bridgehead atoms. The summed E-state index contributed by atoms with van der Waals surface area (Å²) in [7, 11) is 0. The summed E-state index contributed by atoms with van der Waals surface area (Å²) in [5.41, 5.74) is 0.429. The SMILES string of the molecule is Cc1ncc(C(=O)Nc2cccc(Cl)c2Cl)o1. The van der Waals surface area contributed by atoms with Gasteiger partial charge >= 0.3 is 0 Å². The van der Waals surface area contributed by atoms with Gasteiger partial charge in [0.25, 0.3) is 5.91 Å². The highest BCUT2D eigenvalue weighted by Gasteiger charge is 2.13. The number of halogens is 2. The van der Waals surface area contributed by atoms with Crippen molar-refractivity contribution >= 4 is 34.8 Å². The second kappa shape index (κ2) is 4.77. The number of carbonyl (C=O) groups excluding carboxylic acids is 1. The minimum absolute atomic E-state index is 0.124. The minimum Gasteiger partial charge on any atom is -0.436 e. The van der Waals surface area contributed by atoms with Crippen molar-refractivity contribution in [1.29, 1.82) is 0 Å². The molecule has 0 unspecified atom stereocenters. The molecule has 17 heavy (non-hydrogen) atoms. The zero-order chi connectivity index (χ0) is 12.4. The van der Waals surface area contributed by atoms with Gasteiger partial charge in [0.1, 0.15) is 0 Å². The molecule has 0 saturated heterocycles. The molecule has 1 N–H and O–H groups in total. The van der Waals surface area contributed by atoms with Crippen molar-refractivity contribution in [2.24, 2.45) is 0 Å². The summed E-state index contributed by atoms with van der Waals surface area (Å²) in [6, 6.07) is 4.98. The lowest BCUT2D eigenvalue weighted by atomic mass is 10.3. The molecule has 1 aromatic carbocycles. The van der Waals surface area contributed by atoms with Crippen LogP contribution in [0, 0.1) is 6.92 Å². The van der Waals surface area contributed by atoms with E-state index in [4.69, 9.17) is 27.6 Å². The molecule has 0 aliphatic carbocycles. The molecular formula is C11H8Cl2N2O2. The monoisotopic (exact) mass is 270 g/mol. The number of oxazole rings is 1. The fourth-order valence-corrected chi connectivity index (χ4v) is 1.60. The summed E-state index contributed by atoms with van der Waals surface area (Å²) in [5, 5.41) is 3.26. The molecule has 0 fully saturated rings. The lowest BCUT2D eigenvalue weighted by Gasteiger charge is -2.06. The largest absolute Gasteiger partial charge is 0.436 e. The van der Waals surface area contributed by atoms with Crippen LogP contribution in [-0.2, 0) is 0 Å². The predicted molar refractivity (Wildman–Crippen MR) is 65.7 cm³/mol. The Kier molecular flexibility index (Phi) is 3.36. The molecule has 1 aromatic heterocycles. The third kappa shape index (κ3) is 2.60. The standard InChI is InChI=1S/C11H8Cl2N2O2/c1-6-14-5-9(17-6)11(16)15-8-4-2-3-7(12)10(8)13/h2-5H,1H3,(H,15,16). The summed E-state index contributed by atoms with van der Waals surface area (Å²) < 4.78 is 5.09. The van der Waals surface area contributed by atoms with E-state index in [2.05, 4.69) is 10.3 Å². The lowest BCUT2D eigenvalue weighted by molar-refractivity contribution is 0.0995. The molecule has 2 aromatic rings. The Morgan fingerprint density at radius 2 is 2.18 bits per heavy atom. The van der Waals surface area contributed by atoms with Crippen LogP contribution in [-0.4, -0.2) is 10.9 Å².